The molecule has 0 heterocycles. The molecule has 0 saturated heterocycles. The lowest BCUT2D eigenvalue weighted by Crippen LogP contribution is -2.19. The summed E-state index contributed by atoms with van der Waals surface area (Å²) in [5.74, 6) is 0.634. The number of hydrogen-bond acceptors (Lipinski definition) is 2. The molecule has 106 valence electrons. The number of hydrogen-bond donors (Lipinski definition) is 1. The van der Waals surface area contributed by atoms with Crippen LogP contribution in [0.25, 0.3) is 0 Å². The van der Waals surface area contributed by atoms with Gasteiger partial charge < -0.3 is 10.1 Å². The summed E-state index contributed by atoms with van der Waals surface area (Å²) in [7, 11) is 1.64. The third kappa shape index (κ3) is 3.81. The van der Waals surface area contributed by atoms with Gasteiger partial charge in [-0.3, -0.25) is 0 Å². The quantitative estimate of drug-likeness (QED) is 0.870. The Bertz CT molecular complexity index is 571. The lowest BCUT2D eigenvalue weighted by Gasteiger charge is -2.15. The molecule has 1 unspecified atom stereocenters. The molecule has 0 radical (unpaired) electrons. The van der Waals surface area contributed by atoms with Crippen LogP contribution in [0, 0.1) is 5.82 Å². The van der Waals surface area contributed by atoms with Crippen LogP contribution in [0.15, 0.2) is 46.9 Å². The van der Waals surface area contributed by atoms with Crippen LogP contribution < -0.4 is 10.1 Å². The first-order valence-corrected chi connectivity index (χ1v) is 7.20. The van der Waals surface area contributed by atoms with Crippen molar-refractivity contribution in [1.82, 2.24) is 5.32 Å². The summed E-state index contributed by atoms with van der Waals surface area (Å²) in [6.07, 6.45) is 0. The fourth-order valence-corrected chi connectivity index (χ4v) is 2.31. The average Bonchev–Trinajstić information content (AvgIpc) is 2.45. The van der Waals surface area contributed by atoms with Crippen molar-refractivity contribution in [1.29, 1.82) is 0 Å². The summed E-state index contributed by atoms with van der Waals surface area (Å²) >= 11 is 3.26. The zero-order valence-electron chi connectivity index (χ0n) is 11.5. The van der Waals surface area contributed by atoms with Crippen LogP contribution in [0.5, 0.6) is 5.75 Å². The number of ether oxygens (including phenoxy) is 1. The van der Waals surface area contributed by atoms with Gasteiger partial charge >= 0.3 is 0 Å². The second-order valence-electron chi connectivity index (χ2n) is 4.62. The Balaban J connectivity index is 1.98. The van der Waals surface area contributed by atoms with E-state index in [1.165, 1.54) is 6.07 Å². The highest BCUT2D eigenvalue weighted by molar-refractivity contribution is 9.10. The van der Waals surface area contributed by atoms with Crippen molar-refractivity contribution < 1.29 is 9.13 Å². The molecule has 0 aliphatic heterocycles. The van der Waals surface area contributed by atoms with Crippen molar-refractivity contribution in [2.24, 2.45) is 0 Å². The maximum atomic E-state index is 13.8. The highest BCUT2D eigenvalue weighted by atomic mass is 79.9. The molecule has 0 aliphatic carbocycles. The van der Waals surface area contributed by atoms with E-state index < -0.39 is 0 Å². The van der Waals surface area contributed by atoms with Gasteiger partial charge in [0.15, 0.2) is 0 Å². The largest absolute Gasteiger partial charge is 0.497 e. The van der Waals surface area contributed by atoms with Gasteiger partial charge in [0.05, 0.1) is 7.11 Å². The van der Waals surface area contributed by atoms with Gasteiger partial charge in [0.25, 0.3) is 0 Å². The maximum Gasteiger partial charge on any atom is 0.129 e. The topological polar surface area (TPSA) is 21.3 Å². The molecule has 1 N–H and O–H groups in total. The molecule has 0 aliphatic rings. The molecule has 0 bridgehead atoms. The average molecular weight is 338 g/mol. The first kappa shape index (κ1) is 15.0. The predicted octanol–water partition coefficient (Wildman–Crippen LogP) is 4.45. The minimum atomic E-state index is -0.200. The summed E-state index contributed by atoms with van der Waals surface area (Å²) < 4.78 is 19.7. The molecule has 0 spiro atoms. The Morgan fingerprint density at radius 2 is 1.90 bits per heavy atom. The lowest BCUT2D eigenvalue weighted by molar-refractivity contribution is 0.414. The molecule has 0 saturated carbocycles. The van der Waals surface area contributed by atoms with E-state index in [1.54, 1.807) is 13.2 Å². The van der Waals surface area contributed by atoms with Gasteiger partial charge in [-0.2, -0.15) is 0 Å². The summed E-state index contributed by atoms with van der Waals surface area (Å²) in [6.45, 7) is 2.64. The summed E-state index contributed by atoms with van der Waals surface area (Å²) in [5, 5.41) is 3.32. The first-order valence-electron chi connectivity index (χ1n) is 6.41. The van der Waals surface area contributed by atoms with Crippen LogP contribution in [0.2, 0.25) is 0 Å². The number of methoxy groups -OCH3 is 1. The van der Waals surface area contributed by atoms with E-state index >= 15 is 0 Å². The second-order valence-corrected chi connectivity index (χ2v) is 5.53. The molecule has 0 fully saturated rings. The Hall–Kier alpha value is -1.39. The first-order chi connectivity index (χ1) is 9.60. The van der Waals surface area contributed by atoms with E-state index in [-0.39, 0.29) is 11.9 Å². The van der Waals surface area contributed by atoms with E-state index in [1.807, 2.05) is 37.3 Å². The Kier molecular flexibility index (Phi) is 5.15. The van der Waals surface area contributed by atoms with Crippen molar-refractivity contribution in [2.45, 2.75) is 19.5 Å². The fourth-order valence-electron chi connectivity index (χ4n) is 1.98. The van der Waals surface area contributed by atoms with Crippen LogP contribution in [0.3, 0.4) is 0 Å². The smallest absolute Gasteiger partial charge is 0.129 e. The maximum absolute atomic E-state index is 13.8. The molecular weight excluding hydrogens is 321 g/mol. The number of benzene rings is 2. The van der Waals surface area contributed by atoms with Crippen LogP contribution >= 0.6 is 15.9 Å². The van der Waals surface area contributed by atoms with Gasteiger partial charge in [-0.05, 0) is 36.8 Å². The van der Waals surface area contributed by atoms with Crippen LogP contribution in [0.1, 0.15) is 24.1 Å². The zero-order valence-corrected chi connectivity index (χ0v) is 13.1. The van der Waals surface area contributed by atoms with E-state index in [0.29, 0.717) is 12.1 Å². The van der Waals surface area contributed by atoms with E-state index in [0.717, 1.165) is 15.8 Å². The predicted molar refractivity (Wildman–Crippen MR) is 82.3 cm³/mol. The molecule has 2 aromatic carbocycles. The normalized spacial score (nSPS) is 12.2. The monoisotopic (exact) mass is 337 g/mol. The van der Waals surface area contributed by atoms with Gasteiger partial charge in [0.2, 0.25) is 0 Å². The molecule has 2 nitrogen and oxygen atoms in total. The van der Waals surface area contributed by atoms with Gasteiger partial charge in [0.1, 0.15) is 11.6 Å². The molecule has 2 aromatic rings. The van der Waals surface area contributed by atoms with Crippen molar-refractivity contribution in [3.63, 3.8) is 0 Å². The molecular formula is C16H17BrFNO. The molecule has 0 aromatic heterocycles. The van der Waals surface area contributed by atoms with E-state index in [2.05, 4.69) is 21.2 Å². The number of rotatable bonds is 5. The Morgan fingerprint density at radius 1 is 1.20 bits per heavy atom. The highest BCUT2D eigenvalue weighted by Gasteiger charge is 2.10. The third-order valence-corrected chi connectivity index (χ3v) is 3.69. The third-order valence-electron chi connectivity index (χ3n) is 3.20. The summed E-state index contributed by atoms with van der Waals surface area (Å²) in [6, 6.07) is 12.9. The van der Waals surface area contributed by atoms with Gasteiger partial charge in [-0.15, -0.1) is 0 Å². The summed E-state index contributed by atoms with van der Waals surface area (Å²) in [5.41, 5.74) is 1.80. The Labute approximate surface area is 127 Å². The van der Waals surface area contributed by atoms with E-state index in [9.17, 15) is 4.39 Å². The highest BCUT2D eigenvalue weighted by Crippen LogP contribution is 2.21. The van der Waals surface area contributed by atoms with Crippen molar-refractivity contribution >= 4 is 15.9 Å². The zero-order chi connectivity index (χ0) is 14.5. The molecule has 20 heavy (non-hydrogen) atoms. The minimum Gasteiger partial charge on any atom is -0.497 e. The van der Waals surface area contributed by atoms with Crippen LogP contribution in [-0.2, 0) is 6.54 Å². The van der Waals surface area contributed by atoms with Crippen LogP contribution in [0.4, 0.5) is 4.39 Å². The summed E-state index contributed by atoms with van der Waals surface area (Å²) in [4.78, 5) is 0. The minimum absolute atomic E-state index is 0.0507. The number of halogens is 2. The standard InChI is InChI=1S/C16H17BrFNO/c1-11(15-8-5-13(17)9-16(15)18)19-10-12-3-6-14(20-2)7-4-12/h3-9,11,19H,10H2,1-2H3. The molecule has 4 heteroatoms. The SMILES string of the molecule is COc1ccc(CNC(C)c2ccc(Br)cc2F)cc1. The molecule has 0 amide bonds. The van der Waals surface area contributed by atoms with Crippen LogP contribution in [-0.4, -0.2) is 7.11 Å². The lowest BCUT2D eigenvalue weighted by atomic mass is 10.1. The van der Waals surface area contributed by atoms with Gasteiger partial charge in [0, 0.05) is 22.6 Å². The van der Waals surface area contributed by atoms with Gasteiger partial charge in [-0.25, -0.2) is 4.39 Å². The second kappa shape index (κ2) is 6.86. The number of nitrogens with one attached hydrogen (secondary N) is 1. The van der Waals surface area contributed by atoms with Crippen molar-refractivity contribution in [3.8, 4) is 5.75 Å². The Morgan fingerprint density at radius 3 is 2.50 bits per heavy atom. The van der Waals surface area contributed by atoms with Crippen molar-refractivity contribution in [3.05, 3.63) is 63.9 Å². The molecule has 2 rings (SSSR count). The van der Waals surface area contributed by atoms with Gasteiger partial charge in [-0.1, -0.05) is 34.1 Å². The van der Waals surface area contributed by atoms with E-state index in [4.69, 9.17) is 4.74 Å². The molecule has 1 atom stereocenters. The van der Waals surface area contributed by atoms with Crippen molar-refractivity contribution in [2.75, 3.05) is 7.11 Å². The fraction of sp³-hybridized carbons (Fsp3) is 0.250.